The van der Waals surface area contributed by atoms with E-state index in [0.717, 1.165) is 25.7 Å². The van der Waals surface area contributed by atoms with E-state index in [4.69, 9.17) is 5.11 Å². The topological polar surface area (TPSA) is 54.4 Å². The Hall–Kier alpha value is -1.23. The molecule has 0 radical (unpaired) electrons. The first-order valence-corrected chi connectivity index (χ1v) is 8.72. The van der Waals surface area contributed by atoms with Crippen LogP contribution in [0.3, 0.4) is 0 Å². The largest absolute Gasteiger partial charge is 0.481 e. The van der Waals surface area contributed by atoms with E-state index >= 15 is 0 Å². The molecule has 1 aromatic rings. The quantitative estimate of drug-likeness (QED) is 0.578. The van der Waals surface area contributed by atoms with Gasteiger partial charge in [-0.3, -0.25) is 9.59 Å². The highest BCUT2D eigenvalue weighted by molar-refractivity contribution is 9.10. The average molecular weight is 385 g/mol. The van der Waals surface area contributed by atoms with Crippen LogP contribution < -0.4 is 0 Å². The van der Waals surface area contributed by atoms with Crippen molar-refractivity contribution in [2.75, 3.05) is 0 Å². The van der Waals surface area contributed by atoms with Gasteiger partial charge in [0.15, 0.2) is 5.78 Å². The molecule has 0 aliphatic heterocycles. The number of carbonyl (C=O) groups excluding carboxylic acids is 1. The van der Waals surface area contributed by atoms with Gasteiger partial charge in [0.05, 0.1) is 4.32 Å². The van der Waals surface area contributed by atoms with E-state index in [1.807, 2.05) is 0 Å². The number of hydrogen-bond donors (Lipinski definition) is 1. The van der Waals surface area contributed by atoms with Gasteiger partial charge in [0, 0.05) is 12.0 Å². The molecule has 0 aromatic heterocycles. The minimum Gasteiger partial charge on any atom is -0.481 e. The first kappa shape index (κ1) is 18.1. The monoisotopic (exact) mass is 384 g/mol. The summed E-state index contributed by atoms with van der Waals surface area (Å²) in [6, 6.07) is 4.72. The third kappa shape index (κ3) is 4.63. The minimum atomic E-state index is -0.764. The molecule has 0 unspecified atom stereocenters. The number of aliphatic carboxylic acids is 1. The lowest BCUT2D eigenvalue weighted by molar-refractivity contribution is -0.138. The van der Waals surface area contributed by atoms with Crippen LogP contribution in [0.5, 0.6) is 0 Å². The highest BCUT2D eigenvalue weighted by atomic mass is 79.9. The summed E-state index contributed by atoms with van der Waals surface area (Å²) >= 11 is 3.31. The molecule has 0 bridgehead atoms. The van der Waals surface area contributed by atoms with Gasteiger partial charge in [0.2, 0.25) is 0 Å². The molecule has 0 atom stereocenters. The highest BCUT2D eigenvalue weighted by Crippen LogP contribution is 2.38. The second kappa shape index (κ2) is 7.12. The number of carboxylic acids is 1. The van der Waals surface area contributed by atoms with Gasteiger partial charge in [-0.05, 0) is 63.0 Å². The summed E-state index contributed by atoms with van der Waals surface area (Å²) in [5.41, 5.74) is 1.01. The van der Waals surface area contributed by atoms with E-state index in [9.17, 15) is 14.0 Å². The molecular formula is C18H22BrFO3. The van der Waals surface area contributed by atoms with Crippen LogP contribution in [0, 0.1) is 11.7 Å². The number of Topliss-reactive ketones (excluding diaryl/α,β-unsaturated/α-hetero) is 1. The molecule has 3 nitrogen and oxygen atoms in total. The van der Waals surface area contributed by atoms with Gasteiger partial charge in [-0.2, -0.15) is 0 Å². The molecule has 0 heterocycles. The van der Waals surface area contributed by atoms with Crippen LogP contribution in [0.1, 0.15) is 67.8 Å². The molecule has 126 valence electrons. The summed E-state index contributed by atoms with van der Waals surface area (Å²) in [6.45, 7) is 3.48. The smallest absolute Gasteiger partial charge is 0.303 e. The van der Waals surface area contributed by atoms with Crippen molar-refractivity contribution < 1.29 is 19.1 Å². The van der Waals surface area contributed by atoms with Crippen LogP contribution in [-0.2, 0) is 4.79 Å². The predicted octanol–water partition coefficient (Wildman–Crippen LogP) is 4.93. The lowest BCUT2D eigenvalue weighted by atomic mass is 9.77. The van der Waals surface area contributed by atoms with E-state index < -0.39 is 10.3 Å². The number of hydrogen-bond acceptors (Lipinski definition) is 2. The molecule has 23 heavy (non-hydrogen) atoms. The normalized spacial score (nSPS) is 21.9. The Morgan fingerprint density at radius 1 is 1.26 bits per heavy atom. The number of ketones is 1. The van der Waals surface area contributed by atoms with Crippen LogP contribution in [0.2, 0.25) is 0 Å². The Morgan fingerprint density at radius 3 is 2.35 bits per heavy atom. The average Bonchev–Trinajstić information content (AvgIpc) is 2.46. The van der Waals surface area contributed by atoms with Crippen molar-refractivity contribution >= 4 is 27.7 Å². The molecule has 5 heteroatoms. The molecular weight excluding hydrogens is 363 g/mol. The molecule has 1 N–H and O–H groups in total. The van der Waals surface area contributed by atoms with Gasteiger partial charge in [0.25, 0.3) is 0 Å². The molecule has 1 aliphatic rings. The van der Waals surface area contributed by atoms with Crippen molar-refractivity contribution in [1.29, 1.82) is 0 Å². The fourth-order valence-corrected chi connectivity index (χ4v) is 3.50. The highest BCUT2D eigenvalue weighted by Gasteiger charge is 2.28. The van der Waals surface area contributed by atoms with E-state index in [1.54, 1.807) is 26.0 Å². The Kier molecular flexibility index (Phi) is 5.61. The van der Waals surface area contributed by atoms with Crippen LogP contribution in [-0.4, -0.2) is 21.2 Å². The summed E-state index contributed by atoms with van der Waals surface area (Å²) in [5, 5.41) is 8.85. The number of alkyl halides is 1. The van der Waals surface area contributed by atoms with Crippen LogP contribution in [0.4, 0.5) is 4.39 Å². The first-order valence-electron chi connectivity index (χ1n) is 7.93. The first-order chi connectivity index (χ1) is 10.7. The predicted molar refractivity (Wildman–Crippen MR) is 90.7 cm³/mol. The van der Waals surface area contributed by atoms with Crippen molar-refractivity contribution in [2.45, 2.75) is 56.2 Å². The lowest BCUT2D eigenvalue weighted by Gasteiger charge is -2.28. The second-order valence-corrected chi connectivity index (χ2v) is 8.84. The van der Waals surface area contributed by atoms with Gasteiger partial charge >= 0.3 is 5.97 Å². The molecule has 2 rings (SSSR count). The lowest BCUT2D eigenvalue weighted by Crippen LogP contribution is -2.24. The number of carboxylic acid groups (broad SMARTS) is 1. The Balaban J connectivity index is 2.08. The Labute approximate surface area is 144 Å². The summed E-state index contributed by atoms with van der Waals surface area (Å²) < 4.78 is 13.7. The standard InChI is InChI=1S/C18H22BrFO3/c1-18(2,19)17(23)13-7-8-14(15(20)10-13)12-5-3-11(4-6-12)9-16(21)22/h7-8,10-12H,3-6,9H2,1-2H3,(H,21,22)/t11-,12-. The minimum absolute atomic E-state index is 0.112. The maximum Gasteiger partial charge on any atom is 0.303 e. The van der Waals surface area contributed by atoms with Crippen molar-refractivity contribution in [2.24, 2.45) is 5.92 Å². The van der Waals surface area contributed by atoms with Crippen molar-refractivity contribution in [3.8, 4) is 0 Å². The van der Waals surface area contributed by atoms with E-state index in [2.05, 4.69) is 15.9 Å². The maximum absolute atomic E-state index is 14.4. The van der Waals surface area contributed by atoms with Gasteiger partial charge in [-0.15, -0.1) is 0 Å². The zero-order valence-electron chi connectivity index (χ0n) is 13.4. The van der Waals surface area contributed by atoms with Crippen LogP contribution in [0.25, 0.3) is 0 Å². The van der Waals surface area contributed by atoms with E-state index in [1.165, 1.54) is 6.07 Å². The van der Waals surface area contributed by atoms with Gasteiger partial charge in [-0.1, -0.05) is 28.1 Å². The fraction of sp³-hybridized carbons (Fsp3) is 0.556. The molecule has 0 amide bonds. The Morgan fingerprint density at radius 2 is 1.87 bits per heavy atom. The number of carbonyl (C=O) groups is 2. The summed E-state index contributed by atoms with van der Waals surface area (Å²) in [5.74, 6) is -0.940. The van der Waals surface area contributed by atoms with Gasteiger partial charge < -0.3 is 5.11 Å². The molecule has 1 saturated carbocycles. The molecule has 0 spiro atoms. The zero-order chi connectivity index (χ0) is 17.2. The van der Waals surface area contributed by atoms with Gasteiger partial charge in [0.1, 0.15) is 5.82 Å². The van der Waals surface area contributed by atoms with Crippen molar-refractivity contribution in [3.63, 3.8) is 0 Å². The maximum atomic E-state index is 14.4. The third-order valence-corrected chi connectivity index (χ3v) is 4.91. The SMILES string of the molecule is CC(C)(Br)C(=O)c1ccc([C@H]2CC[C@H](CC(=O)O)CC2)c(F)c1. The third-order valence-electron chi connectivity index (χ3n) is 4.55. The summed E-state index contributed by atoms with van der Waals surface area (Å²) in [7, 11) is 0. The van der Waals surface area contributed by atoms with Crippen molar-refractivity contribution in [1.82, 2.24) is 0 Å². The fourth-order valence-electron chi connectivity index (χ4n) is 3.27. The van der Waals surface area contributed by atoms with Gasteiger partial charge in [-0.25, -0.2) is 4.39 Å². The van der Waals surface area contributed by atoms with E-state index in [-0.39, 0.29) is 29.9 Å². The van der Waals surface area contributed by atoms with Crippen LogP contribution in [0.15, 0.2) is 18.2 Å². The van der Waals surface area contributed by atoms with Crippen LogP contribution >= 0.6 is 15.9 Å². The molecule has 1 aromatic carbocycles. The Bertz CT molecular complexity index is 599. The second-order valence-electron chi connectivity index (χ2n) is 6.85. The summed E-state index contributed by atoms with van der Waals surface area (Å²) in [6.07, 6.45) is 3.41. The number of benzene rings is 1. The molecule has 1 aliphatic carbocycles. The molecule has 0 saturated heterocycles. The number of rotatable bonds is 5. The number of halogens is 2. The van der Waals surface area contributed by atoms with E-state index in [0.29, 0.717) is 11.1 Å². The summed E-state index contributed by atoms with van der Waals surface area (Å²) in [4.78, 5) is 22.9. The molecule has 1 fully saturated rings. The van der Waals surface area contributed by atoms with Crippen molar-refractivity contribution in [3.05, 3.63) is 35.1 Å². The zero-order valence-corrected chi connectivity index (χ0v) is 15.0.